The van der Waals surface area contributed by atoms with Crippen LogP contribution in [0.3, 0.4) is 0 Å². The van der Waals surface area contributed by atoms with Gasteiger partial charge in [-0.1, -0.05) is 0 Å². The topological polar surface area (TPSA) is 15.3 Å². The molecule has 0 spiro atoms. The minimum Gasteiger partial charge on any atom is -0.312 e. The van der Waals surface area contributed by atoms with Crippen LogP contribution in [0.25, 0.3) is 0 Å². The first-order chi connectivity index (χ1) is 9.65. The number of benzene rings is 1. The van der Waals surface area contributed by atoms with E-state index in [9.17, 15) is 8.78 Å². The lowest BCUT2D eigenvalue weighted by atomic mass is 10.1. The predicted molar refractivity (Wildman–Crippen MR) is 78.5 cm³/mol. The standard InChI is InChI=1S/C15H19BrF2N2/c16-12-4-5-13(17)11(15(12)18)8-20-7-1-6-19-14(9-20)10-2-3-10/h4-5,10,14,19H,1-3,6-9H2. The molecule has 2 aliphatic rings. The number of nitrogens with one attached hydrogen (secondary N) is 1. The van der Waals surface area contributed by atoms with Crippen LogP contribution in [0.15, 0.2) is 16.6 Å². The van der Waals surface area contributed by atoms with Crippen LogP contribution in [-0.4, -0.2) is 30.6 Å². The largest absolute Gasteiger partial charge is 0.312 e. The second-order valence-corrected chi connectivity index (χ2v) is 6.66. The highest BCUT2D eigenvalue weighted by Crippen LogP contribution is 2.34. The number of rotatable bonds is 3. The van der Waals surface area contributed by atoms with Crippen LogP contribution in [0.4, 0.5) is 8.78 Å². The third-order valence-corrected chi connectivity index (χ3v) is 4.84. The Hall–Kier alpha value is -0.520. The zero-order valence-corrected chi connectivity index (χ0v) is 12.9. The molecule has 3 rings (SSSR count). The van der Waals surface area contributed by atoms with Crippen molar-refractivity contribution in [2.75, 3.05) is 19.6 Å². The summed E-state index contributed by atoms with van der Waals surface area (Å²) in [5.74, 6) is -0.163. The van der Waals surface area contributed by atoms with Gasteiger partial charge < -0.3 is 5.32 Å². The Morgan fingerprint density at radius 3 is 2.85 bits per heavy atom. The van der Waals surface area contributed by atoms with Crippen molar-refractivity contribution in [3.63, 3.8) is 0 Å². The zero-order chi connectivity index (χ0) is 14.1. The molecule has 1 aliphatic carbocycles. The molecule has 2 fully saturated rings. The summed E-state index contributed by atoms with van der Waals surface area (Å²) in [7, 11) is 0. The number of halogens is 3. The molecule has 1 N–H and O–H groups in total. The van der Waals surface area contributed by atoms with E-state index in [1.807, 2.05) is 0 Å². The monoisotopic (exact) mass is 344 g/mol. The summed E-state index contributed by atoms with van der Waals surface area (Å²) >= 11 is 3.13. The van der Waals surface area contributed by atoms with Crippen LogP contribution >= 0.6 is 15.9 Å². The van der Waals surface area contributed by atoms with E-state index in [1.54, 1.807) is 0 Å². The molecule has 0 radical (unpaired) electrons. The van der Waals surface area contributed by atoms with E-state index in [4.69, 9.17) is 0 Å². The lowest BCUT2D eigenvalue weighted by molar-refractivity contribution is 0.244. The van der Waals surface area contributed by atoms with E-state index in [-0.39, 0.29) is 5.56 Å². The lowest BCUT2D eigenvalue weighted by Gasteiger charge is -2.24. The van der Waals surface area contributed by atoms with E-state index >= 15 is 0 Å². The normalized spacial score (nSPS) is 24.6. The SMILES string of the molecule is Fc1ccc(Br)c(F)c1CN1CCCNC(C2CC2)C1. The molecule has 1 saturated heterocycles. The highest BCUT2D eigenvalue weighted by Gasteiger charge is 2.33. The Bertz CT molecular complexity index is 491. The second-order valence-electron chi connectivity index (χ2n) is 5.81. The van der Waals surface area contributed by atoms with E-state index in [2.05, 4.69) is 26.1 Å². The highest BCUT2D eigenvalue weighted by atomic mass is 79.9. The van der Waals surface area contributed by atoms with Crippen molar-refractivity contribution in [1.82, 2.24) is 10.2 Å². The fourth-order valence-electron chi connectivity index (χ4n) is 2.92. The van der Waals surface area contributed by atoms with E-state index in [1.165, 1.54) is 25.0 Å². The highest BCUT2D eigenvalue weighted by molar-refractivity contribution is 9.10. The van der Waals surface area contributed by atoms with Crippen LogP contribution in [0.2, 0.25) is 0 Å². The summed E-state index contributed by atoms with van der Waals surface area (Å²) in [6.07, 6.45) is 3.59. The van der Waals surface area contributed by atoms with Crippen LogP contribution < -0.4 is 5.32 Å². The Labute approximate surface area is 126 Å². The summed E-state index contributed by atoms with van der Waals surface area (Å²) in [4.78, 5) is 2.18. The van der Waals surface area contributed by atoms with Crippen LogP contribution in [-0.2, 0) is 6.54 Å². The van der Waals surface area contributed by atoms with E-state index in [0.717, 1.165) is 32.0 Å². The van der Waals surface area contributed by atoms with Gasteiger partial charge in [0.25, 0.3) is 0 Å². The molecule has 110 valence electrons. The Balaban J connectivity index is 1.74. The second kappa shape index (κ2) is 6.08. The molecule has 1 atom stereocenters. The first kappa shape index (κ1) is 14.4. The summed E-state index contributed by atoms with van der Waals surface area (Å²) < 4.78 is 28.2. The van der Waals surface area contributed by atoms with Crippen molar-refractivity contribution >= 4 is 15.9 Å². The molecule has 1 heterocycles. The van der Waals surface area contributed by atoms with E-state index in [0.29, 0.717) is 17.1 Å². The molecule has 1 aromatic carbocycles. The molecule has 1 aliphatic heterocycles. The van der Waals surface area contributed by atoms with Crippen molar-refractivity contribution in [3.8, 4) is 0 Å². The number of hydrogen-bond acceptors (Lipinski definition) is 2. The maximum atomic E-state index is 14.1. The summed E-state index contributed by atoms with van der Waals surface area (Å²) in [5.41, 5.74) is 0.177. The minimum absolute atomic E-state index is 0.177. The summed E-state index contributed by atoms with van der Waals surface area (Å²) in [6.45, 7) is 3.13. The first-order valence-electron chi connectivity index (χ1n) is 7.23. The van der Waals surface area contributed by atoms with Gasteiger partial charge in [0.15, 0.2) is 0 Å². The van der Waals surface area contributed by atoms with Crippen LogP contribution in [0.5, 0.6) is 0 Å². The number of hydrogen-bond donors (Lipinski definition) is 1. The zero-order valence-electron chi connectivity index (χ0n) is 11.3. The summed E-state index contributed by atoms with van der Waals surface area (Å²) in [6, 6.07) is 3.23. The van der Waals surface area contributed by atoms with Crippen LogP contribution in [0.1, 0.15) is 24.8 Å². The van der Waals surface area contributed by atoms with Crippen molar-refractivity contribution < 1.29 is 8.78 Å². The average Bonchev–Trinajstić information content (AvgIpc) is 3.25. The first-order valence-corrected chi connectivity index (χ1v) is 8.02. The quantitative estimate of drug-likeness (QED) is 0.846. The van der Waals surface area contributed by atoms with Crippen molar-refractivity contribution in [1.29, 1.82) is 0 Å². The van der Waals surface area contributed by atoms with Gasteiger partial charge in [0.05, 0.1) is 4.47 Å². The maximum Gasteiger partial charge on any atom is 0.144 e. The fourth-order valence-corrected chi connectivity index (χ4v) is 3.29. The molecule has 1 unspecified atom stereocenters. The van der Waals surface area contributed by atoms with Gasteiger partial charge in [0.2, 0.25) is 0 Å². The molecule has 1 saturated carbocycles. The third-order valence-electron chi connectivity index (χ3n) is 4.22. The average molecular weight is 345 g/mol. The Morgan fingerprint density at radius 2 is 2.10 bits per heavy atom. The molecule has 5 heteroatoms. The molecule has 0 aromatic heterocycles. The van der Waals surface area contributed by atoms with Gasteiger partial charge in [-0.15, -0.1) is 0 Å². The van der Waals surface area contributed by atoms with Gasteiger partial charge in [0, 0.05) is 24.7 Å². The molecule has 20 heavy (non-hydrogen) atoms. The minimum atomic E-state index is -0.467. The Kier molecular flexibility index (Phi) is 4.38. The lowest BCUT2D eigenvalue weighted by Crippen LogP contribution is -2.39. The molecule has 0 amide bonds. The maximum absolute atomic E-state index is 14.1. The van der Waals surface area contributed by atoms with Crippen molar-refractivity contribution in [2.45, 2.75) is 31.8 Å². The molecule has 1 aromatic rings. The molecule has 0 bridgehead atoms. The summed E-state index contributed by atoms with van der Waals surface area (Å²) in [5, 5.41) is 3.56. The smallest absolute Gasteiger partial charge is 0.144 e. The van der Waals surface area contributed by atoms with Gasteiger partial charge in [-0.3, -0.25) is 4.90 Å². The predicted octanol–water partition coefficient (Wildman–Crippen LogP) is 3.30. The fraction of sp³-hybridized carbons (Fsp3) is 0.600. The van der Waals surface area contributed by atoms with Crippen molar-refractivity contribution in [2.24, 2.45) is 5.92 Å². The number of nitrogens with zero attached hydrogens (tertiary/aromatic N) is 1. The molecule has 2 nitrogen and oxygen atoms in total. The molecular weight excluding hydrogens is 326 g/mol. The third kappa shape index (κ3) is 3.21. The van der Waals surface area contributed by atoms with E-state index < -0.39 is 11.6 Å². The van der Waals surface area contributed by atoms with Gasteiger partial charge in [-0.25, -0.2) is 8.78 Å². The molecular formula is C15H19BrF2N2. The van der Waals surface area contributed by atoms with Gasteiger partial charge in [0.1, 0.15) is 11.6 Å². The van der Waals surface area contributed by atoms with Gasteiger partial charge >= 0.3 is 0 Å². The van der Waals surface area contributed by atoms with Gasteiger partial charge in [-0.05, 0) is 66.3 Å². The Morgan fingerprint density at radius 1 is 1.30 bits per heavy atom. The van der Waals surface area contributed by atoms with Crippen LogP contribution in [0, 0.1) is 17.6 Å². The van der Waals surface area contributed by atoms with Crippen molar-refractivity contribution in [3.05, 3.63) is 33.8 Å². The van der Waals surface area contributed by atoms with Gasteiger partial charge in [-0.2, -0.15) is 0 Å².